The number of anilines is 2. The first-order valence-corrected chi connectivity index (χ1v) is 14.3. The molecule has 3 heterocycles. The van der Waals surface area contributed by atoms with E-state index >= 15 is 0 Å². The zero-order chi connectivity index (χ0) is 27.0. The Kier molecular flexibility index (Phi) is 7.43. The highest BCUT2D eigenvalue weighted by Gasteiger charge is 2.33. The third kappa shape index (κ3) is 5.14. The van der Waals surface area contributed by atoms with Crippen LogP contribution in [0.25, 0.3) is 11.6 Å². The molecule has 200 valence electrons. The predicted octanol–water partition coefficient (Wildman–Crippen LogP) is 6.48. The van der Waals surface area contributed by atoms with E-state index in [1.165, 1.54) is 39.8 Å². The summed E-state index contributed by atoms with van der Waals surface area (Å²) in [7, 11) is 1.80. The van der Waals surface area contributed by atoms with E-state index < -0.39 is 0 Å². The Balaban J connectivity index is 1.41. The Morgan fingerprint density at radius 1 is 1.11 bits per heavy atom. The van der Waals surface area contributed by atoms with Gasteiger partial charge in [0.2, 0.25) is 0 Å². The van der Waals surface area contributed by atoms with E-state index in [2.05, 4.69) is 74.8 Å². The third-order valence-corrected chi connectivity index (χ3v) is 8.61. The summed E-state index contributed by atoms with van der Waals surface area (Å²) in [6, 6.07) is 12.8. The molecule has 2 saturated heterocycles. The van der Waals surface area contributed by atoms with Crippen LogP contribution in [-0.2, 0) is 9.53 Å². The van der Waals surface area contributed by atoms with Crippen molar-refractivity contribution >= 4 is 51.5 Å². The Bertz CT molecular complexity index is 1320. The topological polar surface area (TPSA) is 48.4 Å². The standard InChI is InChI=1S/C31H38N4O2S/c1-7-12-35-27-17-21(2)23(18-26(27)22(3)20-31(35,4)5)19-28-29(36)33(6)30(38-28)32-24-8-10-25(11-9-24)34-13-15-37-16-14-34/h8-11,17-20H,7,12-16H2,1-6H3/b28-19+,32-30?. The molecule has 0 unspecified atom stereocenters. The average molecular weight is 531 g/mol. The summed E-state index contributed by atoms with van der Waals surface area (Å²) in [5.41, 5.74) is 8.04. The molecule has 0 radical (unpaired) electrons. The van der Waals surface area contributed by atoms with Crippen LogP contribution in [0.2, 0.25) is 0 Å². The van der Waals surface area contributed by atoms with Gasteiger partial charge in [-0.3, -0.25) is 9.69 Å². The number of fused-ring (bicyclic) bond motifs is 1. The first-order chi connectivity index (χ1) is 18.2. The molecule has 3 aliphatic rings. The molecule has 0 aromatic heterocycles. The molecule has 5 rings (SSSR count). The van der Waals surface area contributed by atoms with Gasteiger partial charge in [-0.05, 0) is 105 Å². The van der Waals surface area contributed by atoms with Gasteiger partial charge in [0.15, 0.2) is 5.17 Å². The number of benzene rings is 2. The molecular formula is C31H38N4O2S. The van der Waals surface area contributed by atoms with Crippen LogP contribution in [0.3, 0.4) is 0 Å². The smallest absolute Gasteiger partial charge is 0.266 e. The van der Waals surface area contributed by atoms with Gasteiger partial charge in [-0.25, -0.2) is 4.99 Å². The molecule has 2 aromatic carbocycles. The zero-order valence-corrected chi connectivity index (χ0v) is 24.2. The minimum atomic E-state index is -0.0226. The van der Waals surface area contributed by atoms with E-state index in [9.17, 15) is 4.79 Å². The Labute approximate surface area is 231 Å². The van der Waals surface area contributed by atoms with E-state index in [1.807, 2.05) is 18.2 Å². The number of aliphatic imine (C=N–C) groups is 1. The first kappa shape index (κ1) is 26.6. The van der Waals surface area contributed by atoms with E-state index in [1.54, 1.807) is 11.9 Å². The molecule has 38 heavy (non-hydrogen) atoms. The minimum Gasteiger partial charge on any atom is -0.378 e. The molecular weight excluding hydrogens is 492 g/mol. The summed E-state index contributed by atoms with van der Waals surface area (Å²) in [6.07, 6.45) is 5.48. The summed E-state index contributed by atoms with van der Waals surface area (Å²) in [5.74, 6) is -0.0168. The molecule has 7 heteroatoms. The summed E-state index contributed by atoms with van der Waals surface area (Å²) < 4.78 is 5.46. The van der Waals surface area contributed by atoms with Crippen LogP contribution in [0, 0.1) is 6.92 Å². The number of aryl methyl sites for hydroxylation is 1. The van der Waals surface area contributed by atoms with Gasteiger partial charge in [-0.1, -0.05) is 13.0 Å². The number of carbonyl (C=O) groups excluding carboxylic acids is 1. The molecule has 2 fully saturated rings. The first-order valence-electron chi connectivity index (χ1n) is 13.5. The molecule has 0 aliphatic carbocycles. The van der Waals surface area contributed by atoms with Crippen molar-refractivity contribution in [2.45, 2.75) is 46.6 Å². The fourth-order valence-corrected chi connectivity index (χ4v) is 6.47. The minimum absolute atomic E-state index is 0.0168. The number of nitrogens with zero attached hydrogens (tertiary/aromatic N) is 4. The van der Waals surface area contributed by atoms with Gasteiger partial charge < -0.3 is 14.5 Å². The molecule has 0 spiro atoms. The van der Waals surface area contributed by atoms with Crippen LogP contribution in [0.1, 0.15) is 50.8 Å². The van der Waals surface area contributed by atoms with E-state index in [-0.39, 0.29) is 11.4 Å². The van der Waals surface area contributed by atoms with Gasteiger partial charge in [-0.2, -0.15) is 0 Å². The van der Waals surface area contributed by atoms with Gasteiger partial charge >= 0.3 is 0 Å². The summed E-state index contributed by atoms with van der Waals surface area (Å²) in [6.45, 7) is 15.4. The number of amides is 1. The third-order valence-electron chi connectivity index (χ3n) is 7.55. The quantitative estimate of drug-likeness (QED) is 0.414. The number of amidine groups is 1. The molecule has 6 nitrogen and oxygen atoms in total. The maximum absolute atomic E-state index is 13.2. The normalized spacial score (nSPS) is 21.4. The number of likely N-dealkylation sites (N-methyl/N-ethyl adjacent to an activating group) is 1. The maximum Gasteiger partial charge on any atom is 0.266 e. The number of ether oxygens (including phenoxy) is 1. The van der Waals surface area contributed by atoms with Gasteiger partial charge in [0, 0.05) is 43.6 Å². The van der Waals surface area contributed by atoms with Crippen molar-refractivity contribution in [1.29, 1.82) is 0 Å². The van der Waals surface area contributed by atoms with Crippen molar-refractivity contribution < 1.29 is 9.53 Å². The van der Waals surface area contributed by atoms with Crippen LogP contribution in [0.15, 0.2) is 52.4 Å². The molecule has 0 N–H and O–H groups in total. The Morgan fingerprint density at radius 3 is 2.50 bits per heavy atom. The van der Waals surface area contributed by atoms with Crippen molar-refractivity contribution in [3.8, 4) is 0 Å². The monoisotopic (exact) mass is 530 g/mol. The lowest BCUT2D eigenvalue weighted by Crippen LogP contribution is -2.45. The molecule has 0 atom stereocenters. The van der Waals surface area contributed by atoms with Crippen molar-refractivity contribution in [2.24, 2.45) is 4.99 Å². The highest BCUT2D eigenvalue weighted by atomic mass is 32.2. The lowest BCUT2D eigenvalue weighted by Gasteiger charge is -2.43. The van der Waals surface area contributed by atoms with E-state index in [4.69, 9.17) is 9.73 Å². The van der Waals surface area contributed by atoms with Crippen LogP contribution in [0.5, 0.6) is 0 Å². The van der Waals surface area contributed by atoms with E-state index in [0.717, 1.165) is 50.5 Å². The fraction of sp³-hybridized carbons (Fsp3) is 0.419. The number of hydrogen-bond donors (Lipinski definition) is 0. The number of morpholine rings is 1. The van der Waals surface area contributed by atoms with Crippen molar-refractivity contribution in [2.75, 3.05) is 49.7 Å². The van der Waals surface area contributed by atoms with Gasteiger partial charge in [0.1, 0.15) is 0 Å². The Morgan fingerprint density at radius 2 is 1.82 bits per heavy atom. The predicted molar refractivity (Wildman–Crippen MR) is 161 cm³/mol. The van der Waals surface area contributed by atoms with Crippen LogP contribution in [-0.4, -0.2) is 61.4 Å². The number of thioether (sulfide) groups is 1. The second kappa shape index (κ2) is 10.6. The molecule has 3 aliphatic heterocycles. The van der Waals surface area contributed by atoms with Crippen LogP contribution in [0.4, 0.5) is 17.1 Å². The van der Waals surface area contributed by atoms with Crippen LogP contribution >= 0.6 is 11.8 Å². The second-order valence-electron chi connectivity index (χ2n) is 10.8. The number of hydrogen-bond acceptors (Lipinski definition) is 6. The van der Waals surface area contributed by atoms with Gasteiger partial charge in [0.25, 0.3) is 5.91 Å². The lowest BCUT2D eigenvalue weighted by atomic mass is 9.86. The summed E-state index contributed by atoms with van der Waals surface area (Å²) in [4.78, 5) is 25.1. The number of rotatable bonds is 5. The number of carbonyl (C=O) groups is 1. The highest BCUT2D eigenvalue weighted by molar-refractivity contribution is 8.18. The lowest BCUT2D eigenvalue weighted by molar-refractivity contribution is -0.121. The van der Waals surface area contributed by atoms with E-state index in [0.29, 0.717) is 10.1 Å². The average Bonchev–Trinajstić information content (AvgIpc) is 3.15. The van der Waals surface area contributed by atoms with Crippen molar-refractivity contribution in [3.63, 3.8) is 0 Å². The van der Waals surface area contributed by atoms with Crippen molar-refractivity contribution in [1.82, 2.24) is 4.90 Å². The largest absolute Gasteiger partial charge is 0.378 e. The molecule has 2 aromatic rings. The van der Waals surface area contributed by atoms with Gasteiger partial charge in [-0.15, -0.1) is 0 Å². The summed E-state index contributed by atoms with van der Waals surface area (Å²) >= 11 is 1.44. The SMILES string of the molecule is CCCN1c2cc(C)c(/C=C3/SC(=Nc4ccc(N5CCOCC5)cc4)N(C)C3=O)cc2C(C)=CC1(C)C. The zero-order valence-electron chi connectivity index (χ0n) is 23.4. The molecule has 0 saturated carbocycles. The fourth-order valence-electron chi connectivity index (χ4n) is 5.50. The summed E-state index contributed by atoms with van der Waals surface area (Å²) in [5, 5.41) is 0.697. The highest BCUT2D eigenvalue weighted by Crippen LogP contribution is 2.41. The molecule has 1 amide bonds. The Hall–Kier alpha value is -3.03. The van der Waals surface area contributed by atoms with Crippen LogP contribution < -0.4 is 9.80 Å². The van der Waals surface area contributed by atoms with Crippen molar-refractivity contribution in [3.05, 3.63) is 64.1 Å². The second-order valence-corrected chi connectivity index (χ2v) is 11.9. The number of allylic oxidation sites excluding steroid dienone is 1. The molecule has 0 bridgehead atoms. The maximum atomic E-state index is 13.2. The van der Waals surface area contributed by atoms with Gasteiger partial charge in [0.05, 0.1) is 29.3 Å².